The molecule has 446 valence electrons. The van der Waals surface area contributed by atoms with Crippen LogP contribution in [0.2, 0.25) is 0 Å². The summed E-state index contributed by atoms with van der Waals surface area (Å²) < 4.78 is 16.9. The molecule has 0 aliphatic carbocycles. The summed E-state index contributed by atoms with van der Waals surface area (Å²) in [4.78, 5) is 38.3. The van der Waals surface area contributed by atoms with E-state index in [1.54, 1.807) is 0 Å². The van der Waals surface area contributed by atoms with Gasteiger partial charge in [0.05, 0.1) is 0 Å². The first kappa shape index (κ1) is 73.8. The van der Waals surface area contributed by atoms with E-state index in [4.69, 9.17) is 14.2 Å². The minimum Gasteiger partial charge on any atom is -0.462 e. The molecule has 0 rings (SSSR count). The number of unbranched alkanes of at least 4 members (excludes halogenated alkanes) is 38. The molecule has 1 atom stereocenters. The molecule has 0 heterocycles. The van der Waals surface area contributed by atoms with Crippen LogP contribution in [0.25, 0.3) is 0 Å². The third kappa shape index (κ3) is 63.6. The van der Waals surface area contributed by atoms with Crippen molar-refractivity contribution < 1.29 is 28.6 Å². The topological polar surface area (TPSA) is 78.9 Å². The summed E-state index contributed by atoms with van der Waals surface area (Å²) in [5.41, 5.74) is 0. The highest BCUT2D eigenvalue weighted by atomic mass is 16.6. The van der Waals surface area contributed by atoms with Crippen LogP contribution in [0, 0.1) is 0 Å². The molecule has 0 fully saturated rings. The van der Waals surface area contributed by atoms with Crippen LogP contribution in [0.3, 0.4) is 0 Å². The summed E-state index contributed by atoms with van der Waals surface area (Å²) in [7, 11) is 0. The molecular weight excluding hydrogens is 949 g/mol. The minimum atomic E-state index is -0.788. The largest absolute Gasteiger partial charge is 0.462 e. The fourth-order valence-corrected chi connectivity index (χ4v) is 9.57. The number of allylic oxidation sites excluding steroid dienone is 12. The zero-order valence-corrected chi connectivity index (χ0v) is 51.2. The lowest BCUT2D eigenvalue weighted by atomic mass is 10.0. The second-order valence-electron chi connectivity index (χ2n) is 22.4. The maximum Gasteiger partial charge on any atom is 0.306 e. The molecule has 0 aromatic heterocycles. The number of hydrogen-bond acceptors (Lipinski definition) is 6. The highest BCUT2D eigenvalue weighted by Gasteiger charge is 2.19. The molecule has 77 heavy (non-hydrogen) atoms. The van der Waals surface area contributed by atoms with Gasteiger partial charge in [-0.15, -0.1) is 0 Å². The standard InChI is InChI=1S/C71H126O6/c1-4-7-10-13-16-19-22-25-28-29-30-31-32-33-34-35-36-37-38-39-40-41-42-43-44-47-49-52-55-58-61-64-70(73)76-67-68(77-71(74)65-62-59-56-53-50-46-27-24-21-18-15-12-9-6-3)66-75-69(72)63-60-57-54-51-48-45-26-23-20-17-14-11-8-5-2/h14-15,17-18,22-27,29-30,68H,4-13,16,19-21,28,31-67H2,1-3H3/b17-14-,18-15-,25-22-,26-23-,27-24-,30-29-. The summed E-state index contributed by atoms with van der Waals surface area (Å²) in [6.07, 6.45) is 85.0. The van der Waals surface area contributed by atoms with Gasteiger partial charge in [-0.2, -0.15) is 0 Å². The smallest absolute Gasteiger partial charge is 0.306 e. The number of carbonyl (C=O) groups is 3. The molecule has 0 N–H and O–H groups in total. The first-order valence-corrected chi connectivity index (χ1v) is 33.4. The lowest BCUT2D eigenvalue weighted by Crippen LogP contribution is -2.30. The van der Waals surface area contributed by atoms with Crippen LogP contribution in [0.5, 0.6) is 0 Å². The minimum absolute atomic E-state index is 0.0830. The quantitative estimate of drug-likeness (QED) is 0.0261. The van der Waals surface area contributed by atoms with Gasteiger partial charge >= 0.3 is 17.9 Å². The molecule has 0 saturated heterocycles. The number of carbonyl (C=O) groups excluding carboxylic acids is 3. The van der Waals surface area contributed by atoms with E-state index in [1.807, 2.05) is 0 Å². The van der Waals surface area contributed by atoms with Gasteiger partial charge in [-0.1, -0.05) is 293 Å². The molecule has 6 nitrogen and oxygen atoms in total. The molecule has 0 saturated carbocycles. The van der Waals surface area contributed by atoms with Gasteiger partial charge in [0, 0.05) is 19.3 Å². The summed E-state index contributed by atoms with van der Waals surface area (Å²) in [6.45, 7) is 6.56. The average molecular weight is 1080 g/mol. The van der Waals surface area contributed by atoms with Crippen LogP contribution in [0.4, 0.5) is 0 Å². The van der Waals surface area contributed by atoms with Gasteiger partial charge in [0.2, 0.25) is 0 Å². The Morgan fingerprint density at radius 3 is 0.753 bits per heavy atom. The van der Waals surface area contributed by atoms with Crippen LogP contribution in [0.1, 0.15) is 342 Å². The molecule has 0 spiro atoms. The van der Waals surface area contributed by atoms with E-state index in [-0.39, 0.29) is 31.1 Å². The van der Waals surface area contributed by atoms with Crippen molar-refractivity contribution in [2.45, 2.75) is 348 Å². The van der Waals surface area contributed by atoms with Crippen molar-refractivity contribution in [1.29, 1.82) is 0 Å². The zero-order valence-electron chi connectivity index (χ0n) is 51.2. The van der Waals surface area contributed by atoms with Crippen molar-refractivity contribution >= 4 is 17.9 Å². The molecule has 0 bridgehead atoms. The molecule has 6 heteroatoms. The highest BCUT2D eigenvalue weighted by molar-refractivity contribution is 5.71. The van der Waals surface area contributed by atoms with Crippen LogP contribution in [-0.4, -0.2) is 37.2 Å². The van der Waals surface area contributed by atoms with E-state index < -0.39 is 6.10 Å². The van der Waals surface area contributed by atoms with E-state index in [1.165, 1.54) is 193 Å². The van der Waals surface area contributed by atoms with Gasteiger partial charge < -0.3 is 14.2 Å². The van der Waals surface area contributed by atoms with E-state index in [0.29, 0.717) is 19.3 Å². The monoisotopic (exact) mass is 1070 g/mol. The Hall–Kier alpha value is -3.15. The van der Waals surface area contributed by atoms with Crippen LogP contribution in [-0.2, 0) is 28.6 Å². The summed E-state index contributed by atoms with van der Waals surface area (Å²) >= 11 is 0. The molecule has 0 aromatic rings. The van der Waals surface area contributed by atoms with E-state index in [2.05, 4.69) is 93.7 Å². The Morgan fingerprint density at radius 2 is 0.481 bits per heavy atom. The Labute approximate surface area is 478 Å². The van der Waals surface area contributed by atoms with Gasteiger partial charge in [-0.3, -0.25) is 14.4 Å². The Bertz CT molecular complexity index is 1420. The second kappa shape index (κ2) is 65.4. The van der Waals surface area contributed by atoms with Crippen molar-refractivity contribution in [3.63, 3.8) is 0 Å². The van der Waals surface area contributed by atoms with Gasteiger partial charge in [0.15, 0.2) is 6.10 Å². The maximum atomic E-state index is 12.9. The third-order valence-electron chi connectivity index (χ3n) is 14.7. The molecule has 0 amide bonds. The SMILES string of the molecule is CCCC/C=C\C/C=C\CCCCCCCC(=O)OCC(COC(=O)CCCCCCCCCCCCCCCCCCCCC/C=C\C/C=C\CCCCCCC)OC(=O)CCCCCCC/C=C\C/C=C\CCCC. The highest BCUT2D eigenvalue weighted by Crippen LogP contribution is 2.17. The molecular formula is C71H126O6. The fourth-order valence-electron chi connectivity index (χ4n) is 9.57. The predicted octanol–water partition coefficient (Wildman–Crippen LogP) is 22.9. The predicted molar refractivity (Wildman–Crippen MR) is 335 cm³/mol. The lowest BCUT2D eigenvalue weighted by Gasteiger charge is -2.18. The van der Waals surface area contributed by atoms with Gasteiger partial charge in [-0.25, -0.2) is 0 Å². The van der Waals surface area contributed by atoms with Crippen molar-refractivity contribution in [2.24, 2.45) is 0 Å². The van der Waals surface area contributed by atoms with Crippen molar-refractivity contribution in [2.75, 3.05) is 13.2 Å². The second-order valence-corrected chi connectivity index (χ2v) is 22.4. The van der Waals surface area contributed by atoms with Crippen molar-refractivity contribution in [3.05, 3.63) is 72.9 Å². The molecule has 0 aliphatic heterocycles. The summed E-state index contributed by atoms with van der Waals surface area (Å²) in [5.74, 6) is -0.897. The van der Waals surface area contributed by atoms with E-state index >= 15 is 0 Å². The van der Waals surface area contributed by atoms with Crippen LogP contribution in [0.15, 0.2) is 72.9 Å². The number of rotatable bonds is 61. The van der Waals surface area contributed by atoms with E-state index in [0.717, 1.165) is 109 Å². The van der Waals surface area contributed by atoms with Crippen LogP contribution < -0.4 is 0 Å². The van der Waals surface area contributed by atoms with Crippen molar-refractivity contribution in [3.8, 4) is 0 Å². The van der Waals surface area contributed by atoms with E-state index in [9.17, 15) is 14.4 Å². The Morgan fingerprint density at radius 1 is 0.260 bits per heavy atom. The Kier molecular flexibility index (Phi) is 62.7. The summed E-state index contributed by atoms with van der Waals surface area (Å²) in [5, 5.41) is 0. The molecule has 0 aliphatic rings. The summed E-state index contributed by atoms with van der Waals surface area (Å²) in [6, 6.07) is 0. The van der Waals surface area contributed by atoms with Crippen molar-refractivity contribution in [1.82, 2.24) is 0 Å². The first-order chi connectivity index (χ1) is 38.0. The maximum absolute atomic E-state index is 12.9. The third-order valence-corrected chi connectivity index (χ3v) is 14.7. The number of hydrogen-bond donors (Lipinski definition) is 0. The normalized spacial score (nSPS) is 12.5. The lowest BCUT2D eigenvalue weighted by molar-refractivity contribution is -0.167. The van der Waals surface area contributed by atoms with Gasteiger partial charge in [-0.05, 0) is 103 Å². The van der Waals surface area contributed by atoms with Crippen LogP contribution >= 0.6 is 0 Å². The van der Waals surface area contributed by atoms with Gasteiger partial charge in [0.1, 0.15) is 13.2 Å². The zero-order chi connectivity index (χ0) is 55.7. The fraction of sp³-hybridized carbons (Fsp3) is 0.789. The molecule has 0 radical (unpaired) electrons. The number of ether oxygens (including phenoxy) is 3. The average Bonchev–Trinajstić information content (AvgIpc) is 3.43. The first-order valence-electron chi connectivity index (χ1n) is 33.4. The molecule has 0 aromatic carbocycles. The Balaban J connectivity index is 4.16. The molecule has 1 unspecified atom stereocenters. The number of esters is 3. The van der Waals surface area contributed by atoms with Gasteiger partial charge in [0.25, 0.3) is 0 Å².